The first-order valence-corrected chi connectivity index (χ1v) is 9.62. The average molecular weight is 508 g/mol. The van der Waals surface area contributed by atoms with Crippen molar-refractivity contribution in [3.05, 3.63) is 55.6 Å². The molecule has 3 rings (SSSR count). The van der Waals surface area contributed by atoms with Gasteiger partial charge in [0.1, 0.15) is 5.52 Å². The van der Waals surface area contributed by atoms with Crippen molar-refractivity contribution in [2.75, 3.05) is 5.32 Å². The number of hydrogen-bond acceptors (Lipinski definition) is 4. The number of halogens is 3. The van der Waals surface area contributed by atoms with Gasteiger partial charge in [-0.15, -0.1) is 0 Å². The van der Waals surface area contributed by atoms with Gasteiger partial charge in [-0.3, -0.25) is 10.1 Å². The van der Waals surface area contributed by atoms with Crippen LogP contribution in [-0.2, 0) is 0 Å². The largest absolute Gasteiger partial charge is 0.308 e. The van der Waals surface area contributed by atoms with Crippen LogP contribution < -0.4 is 10.6 Å². The molecule has 2 aromatic carbocycles. The summed E-state index contributed by atoms with van der Waals surface area (Å²) in [5.41, 5.74) is 1.13. The normalized spacial score (nSPS) is 10.6. The van der Waals surface area contributed by atoms with Crippen LogP contribution in [0.4, 0.5) is 5.13 Å². The molecule has 1 aromatic heterocycles. The van der Waals surface area contributed by atoms with Crippen molar-refractivity contribution < 1.29 is 4.79 Å². The van der Waals surface area contributed by atoms with Crippen LogP contribution in [0.2, 0.25) is 10.0 Å². The molecule has 0 unspecified atom stereocenters. The van der Waals surface area contributed by atoms with E-state index in [0.29, 0.717) is 26.3 Å². The van der Waals surface area contributed by atoms with Gasteiger partial charge in [0.15, 0.2) is 10.2 Å². The van der Waals surface area contributed by atoms with E-state index in [1.807, 2.05) is 18.2 Å². The number of rotatable bonds is 2. The molecule has 0 aliphatic carbocycles. The van der Waals surface area contributed by atoms with Crippen LogP contribution in [0.5, 0.6) is 0 Å². The minimum absolute atomic E-state index is 0.167. The number of fused-ring (bicyclic) bond motifs is 1. The molecule has 0 bridgehead atoms. The molecule has 0 spiro atoms. The first-order chi connectivity index (χ1) is 11.4. The number of amides is 1. The quantitative estimate of drug-likeness (QED) is 0.363. The number of aromatic nitrogens is 1. The fourth-order valence-corrected chi connectivity index (χ4v) is 3.80. The molecule has 0 aliphatic heterocycles. The van der Waals surface area contributed by atoms with Gasteiger partial charge in [0.05, 0.1) is 14.7 Å². The zero-order valence-corrected chi connectivity index (χ0v) is 17.1. The Kier molecular flexibility index (Phi) is 5.56. The van der Waals surface area contributed by atoms with E-state index < -0.39 is 0 Å². The Labute approximate surface area is 170 Å². The lowest BCUT2D eigenvalue weighted by Gasteiger charge is -2.07. The lowest BCUT2D eigenvalue weighted by atomic mass is 10.2. The standard InChI is InChI=1S/C15H8Cl2IN3OS2/c16-9-5-6-10-12(11(9)17)19-15(24-10)21-14(23)20-13(22)7-1-3-8(18)4-2-7/h1-6H,(H2,19,20,21,22,23). The molecule has 0 saturated heterocycles. The second-order valence-electron chi connectivity index (χ2n) is 4.64. The summed E-state index contributed by atoms with van der Waals surface area (Å²) in [5, 5.41) is 7.05. The van der Waals surface area contributed by atoms with E-state index >= 15 is 0 Å². The van der Waals surface area contributed by atoms with Gasteiger partial charge in [-0.2, -0.15) is 0 Å². The Morgan fingerprint density at radius 2 is 1.88 bits per heavy atom. The van der Waals surface area contributed by atoms with Crippen LogP contribution in [0.3, 0.4) is 0 Å². The molecule has 2 N–H and O–H groups in total. The highest BCUT2D eigenvalue weighted by Gasteiger charge is 2.12. The van der Waals surface area contributed by atoms with Gasteiger partial charge in [0, 0.05) is 9.13 Å². The Morgan fingerprint density at radius 1 is 1.17 bits per heavy atom. The fraction of sp³-hybridized carbons (Fsp3) is 0. The molecule has 3 aromatic rings. The van der Waals surface area contributed by atoms with Gasteiger partial charge in [-0.05, 0) is 71.2 Å². The second-order valence-corrected chi connectivity index (χ2v) is 8.11. The van der Waals surface area contributed by atoms with Crippen LogP contribution in [0, 0.1) is 3.57 Å². The second kappa shape index (κ2) is 7.49. The fourth-order valence-electron chi connectivity index (χ4n) is 1.90. The van der Waals surface area contributed by atoms with Gasteiger partial charge in [0.25, 0.3) is 5.91 Å². The predicted octanol–water partition coefficient (Wildman–Crippen LogP) is 5.33. The third-order valence-corrected chi connectivity index (χ3v) is 5.66. The third kappa shape index (κ3) is 3.97. The molecule has 24 heavy (non-hydrogen) atoms. The van der Waals surface area contributed by atoms with E-state index in [4.69, 9.17) is 35.4 Å². The van der Waals surface area contributed by atoms with Gasteiger partial charge < -0.3 is 5.32 Å². The number of carbonyl (C=O) groups is 1. The minimum atomic E-state index is -0.286. The molecule has 9 heteroatoms. The summed E-state index contributed by atoms with van der Waals surface area (Å²) in [7, 11) is 0. The van der Waals surface area contributed by atoms with Crippen molar-refractivity contribution in [2.45, 2.75) is 0 Å². The average Bonchev–Trinajstić information content (AvgIpc) is 2.94. The van der Waals surface area contributed by atoms with E-state index in [0.717, 1.165) is 8.27 Å². The first-order valence-electron chi connectivity index (χ1n) is 6.56. The lowest BCUT2D eigenvalue weighted by molar-refractivity contribution is 0.0977. The zero-order valence-electron chi connectivity index (χ0n) is 11.8. The topological polar surface area (TPSA) is 54.0 Å². The SMILES string of the molecule is O=C(NC(=S)Nc1nc2c(Cl)c(Cl)ccc2s1)c1ccc(I)cc1. The van der Waals surface area contributed by atoms with Gasteiger partial charge in [-0.1, -0.05) is 34.5 Å². The van der Waals surface area contributed by atoms with Crippen molar-refractivity contribution in [3.8, 4) is 0 Å². The highest BCUT2D eigenvalue weighted by atomic mass is 127. The van der Waals surface area contributed by atoms with Crippen molar-refractivity contribution >= 4 is 95.7 Å². The van der Waals surface area contributed by atoms with E-state index in [2.05, 4.69) is 38.2 Å². The molecule has 0 aliphatic rings. The van der Waals surface area contributed by atoms with Crippen molar-refractivity contribution in [3.63, 3.8) is 0 Å². The minimum Gasteiger partial charge on any atom is -0.308 e. The van der Waals surface area contributed by atoms with E-state index in [-0.39, 0.29) is 11.0 Å². The maximum absolute atomic E-state index is 12.1. The number of carbonyl (C=O) groups excluding carboxylic acids is 1. The van der Waals surface area contributed by atoms with E-state index in [1.54, 1.807) is 18.2 Å². The van der Waals surface area contributed by atoms with E-state index in [9.17, 15) is 4.79 Å². The number of nitrogens with one attached hydrogen (secondary N) is 2. The van der Waals surface area contributed by atoms with Crippen molar-refractivity contribution in [2.24, 2.45) is 0 Å². The highest BCUT2D eigenvalue weighted by molar-refractivity contribution is 14.1. The van der Waals surface area contributed by atoms with E-state index in [1.165, 1.54) is 11.3 Å². The van der Waals surface area contributed by atoms with Crippen LogP contribution in [-0.4, -0.2) is 16.0 Å². The smallest absolute Gasteiger partial charge is 0.257 e. The van der Waals surface area contributed by atoms with Crippen molar-refractivity contribution in [1.29, 1.82) is 0 Å². The lowest BCUT2D eigenvalue weighted by Crippen LogP contribution is -2.34. The Balaban J connectivity index is 1.72. The molecule has 0 saturated carbocycles. The maximum atomic E-state index is 12.1. The number of nitrogens with zero attached hydrogens (tertiary/aromatic N) is 1. The Hall–Kier alpha value is -1.000. The first kappa shape index (κ1) is 17.8. The van der Waals surface area contributed by atoms with Crippen LogP contribution in [0.25, 0.3) is 10.2 Å². The number of anilines is 1. The number of benzene rings is 2. The summed E-state index contributed by atoms with van der Waals surface area (Å²) in [6.45, 7) is 0. The van der Waals surface area contributed by atoms with Crippen molar-refractivity contribution in [1.82, 2.24) is 10.3 Å². The van der Waals surface area contributed by atoms with Gasteiger partial charge in [-0.25, -0.2) is 4.98 Å². The molecule has 1 heterocycles. The molecule has 0 atom stereocenters. The summed E-state index contributed by atoms with van der Waals surface area (Å²) < 4.78 is 1.92. The number of thiazole rings is 1. The summed E-state index contributed by atoms with van der Waals surface area (Å²) in [6.07, 6.45) is 0. The molecular formula is C15H8Cl2IN3OS2. The van der Waals surface area contributed by atoms with Crippen LogP contribution in [0.15, 0.2) is 36.4 Å². The third-order valence-electron chi connectivity index (χ3n) is 3.01. The summed E-state index contributed by atoms with van der Waals surface area (Å²) in [5.74, 6) is -0.286. The molecule has 0 fully saturated rings. The molecule has 1 amide bonds. The number of thiocarbonyl (C=S) groups is 1. The summed E-state index contributed by atoms with van der Waals surface area (Å²) in [6, 6.07) is 10.7. The molecule has 0 radical (unpaired) electrons. The number of hydrogen-bond donors (Lipinski definition) is 2. The Bertz CT molecular complexity index is 944. The van der Waals surface area contributed by atoms with Crippen LogP contribution >= 0.6 is 69.3 Å². The molecular weight excluding hydrogens is 500 g/mol. The van der Waals surface area contributed by atoms with Gasteiger partial charge >= 0.3 is 0 Å². The molecule has 4 nitrogen and oxygen atoms in total. The Morgan fingerprint density at radius 3 is 2.58 bits per heavy atom. The summed E-state index contributed by atoms with van der Waals surface area (Å²) in [4.78, 5) is 16.5. The molecule has 122 valence electrons. The highest BCUT2D eigenvalue weighted by Crippen LogP contribution is 2.35. The van der Waals surface area contributed by atoms with Gasteiger partial charge in [0.2, 0.25) is 0 Å². The maximum Gasteiger partial charge on any atom is 0.257 e. The summed E-state index contributed by atoms with van der Waals surface area (Å²) >= 11 is 20.8. The zero-order chi connectivity index (χ0) is 17.3. The van der Waals surface area contributed by atoms with Crippen LogP contribution in [0.1, 0.15) is 10.4 Å². The monoisotopic (exact) mass is 507 g/mol. The predicted molar refractivity (Wildman–Crippen MR) is 112 cm³/mol.